The van der Waals surface area contributed by atoms with Crippen LogP contribution >= 0.6 is 11.3 Å². The van der Waals surface area contributed by atoms with Gasteiger partial charge in [-0.2, -0.15) is 0 Å². The number of hydrogen-bond donors (Lipinski definition) is 2. The van der Waals surface area contributed by atoms with Gasteiger partial charge in [-0.3, -0.25) is 4.99 Å². The summed E-state index contributed by atoms with van der Waals surface area (Å²) in [6.07, 6.45) is -0.0594. The predicted molar refractivity (Wildman–Crippen MR) is 105 cm³/mol. The molecule has 1 unspecified atom stereocenters. The summed E-state index contributed by atoms with van der Waals surface area (Å²) in [7, 11) is 1.76. The van der Waals surface area contributed by atoms with E-state index in [1.54, 1.807) is 18.4 Å². The van der Waals surface area contributed by atoms with Crippen LogP contribution in [0.3, 0.4) is 0 Å². The number of rotatable bonds is 4. The van der Waals surface area contributed by atoms with Crippen molar-refractivity contribution >= 4 is 17.3 Å². The smallest absolute Gasteiger partial charge is 0.191 e. The Hall–Kier alpha value is -2.28. The van der Waals surface area contributed by atoms with E-state index in [2.05, 4.69) is 41.8 Å². The van der Waals surface area contributed by atoms with Crippen molar-refractivity contribution in [3.8, 4) is 11.5 Å². The third-order valence-electron chi connectivity index (χ3n) is 4.02. The third-order valence-corrected chi connectivity index (χ3v) is 4.86. The molecular weight excluding hydrogens is 348 g/mol. The van der Waals surface area contributed by atoms with Crippen LogP contribution in [0.2, 0.25) is 0 Å². The number of nitrogens with one attached hydrogen (secondary N) is 2. The van der Waals surface area contributed by atoms with Gasteiger partial charge in [0.25, 0.3) is 0 Å². The quantitative estimate of drug-likeness (QED) is 0.636. The molecule has 1 aromatic carbocycles. The summed E-state index contributed by atoms with van der Waals surface area (Å²) in [4.78, 5) is 8.95. The van der Waals surface area contributed by atoms with Crippen LogP contribution in [0.15, 0.2) is 34.6 Å². The Morgan fingerprint density at radius 1 is 1.27 bits per heavy atom. The summed E-state index contributed by atoms with van der Waals surface area (Å²) in [5.74, 6) is 2.30. The van der Waals surface area contributed by atoms with Gasteiger partial charge in [0.15, 0.2) is 17.5 Å². The number of aliphatic imine (C=N–C) groups is 1. The van der Waals surface area contributed by atoms with E-state index in [1.165, 1.54) is 0 Å². The van der Waals surface area contributed by atoms with Gasteiger partial charge in [-0.05, 0) is 12.1 Å². The zero-order valence-electron chi connectivity index (χ0n) is 15.7. The molecule has 2 N–H and O–H groups in total. The van der Waals surface area contributed by atoms with Gasteiger partial charge in [0.05, 0.1) is 18.8 Å². The van der Waals surface area contributed by atoms with E-state index in [1.807, 2.05) is 24.3 Å². The van der Waals surface area contributed by atoms with Gasteiger partial charge < -0.3 is 20.1 Å². The molecule has 0 fully saturated rings. The second-order valence-electron chi connectivity index (χ2n) is 7.18. The topological polar surface area (TPSA) is 67.8 Å². The van der Waals surface area contributed by atoms with Crippen molar-refractivity contribution in [1.29, 1.82) is 0 Å². The molecule has 0 amide bonds. The van der Waals surface area contributed by atoms with Crippen LogP contribution in [0.1, 0.15) is 31.5 Å². The monoisotopic (exact) mass is 374 g/mol. The van der Waals surface area contributed by atoms with Gasteiger partial charge in [0.2, 0.25) is 0 Å². The summed E-state index contributed by atoms with van der Waals surface area (Å²) >= 11 is 1.67. The van der Waals surface area contributed by atoms with Crippen LogP contribution < -0.4 is 20.1 Å². The second kappa shape index (κ2) is 7.95. The summed E-state index contributed by atoms with van der Waals surface area (Å²) in [6.45, 7) is 8.28. The third kappa shape index (κ3) is 4.66. The summed E-state index contributed by atoms with van der Waals surface area (Å²) in [5, 5.41) is 9.76. The molecule has 6 nitrogen and oxygen atoms in total. The fraction of sp³-hybridized carbons (Fsp3) is 0.474. The molecule has 26 heavy (non-hydrogen) atoms. The number of aromatic nitrogens is 1. The molecule has 1 atom stereocenters. The lowest BCUT2D eigenvalue weighted by Gasteiger charge is -2.27. The standard InChI is InChI=1S/C19H26N4O2S/c1-19(2,3)16-12-26-17(23-16)10-22-18(20-4)21-9-13-11-24-14-7-5-6-8-15(14)25-13/h5-8,12-13H,9-11H2,1-4H3,(H2,20,21,22). The highest BCUT2D eigenvalue weighted by atomic mass is 32.1. The van der Waals surface area contributed by atoms with E-state index < -0.39 is 0 Å². The van der Waals surface area contributed by atoms with Crippen molar-refractivity contribution in [3.63, 3.8) is 0 Å². The van der Waals surface area contributed by atoms with Gasteiger partial charge in [0, 0.05) is 17.8 Å². The minimum Gasteiger partial charge on any atom is -0.486 e. The Bertz CT molecular complexity index is 767. The first-order valence-corrected chi connectivity index (χ1v) is 9.61. The number of benzene rings is 1. The zero-order valence-corrected chi connectivity index (χ0v) is 16.5. The van der Waals surface area contributed by atoms with Crippen molar-refractivity contribution in [2.45, 2.75) is 38.8 Å². The summed E-state index contributed by atoms with van der Waals surface area (Å²) < 4.78 is 11.7. The molecule has 0 radical (unpaired) electrons. The minimum atomic E-state index is -0.0594. The Morgan fingerprint density at radius 2 is 2.04 bits per heavy atom. The molecule has 0 saturated heterocycles. The maximum Gasteiger partial charge on any atom is 0.191 e. The van der Waals surface area contributed by atoms with Crippen LogP contribution in [0, 0.1) is 0 Å². The fourth-order valence-electron chi connectivity index (χ4n) is 2.49. The van der Waals surface area contributed by atoms with E-state index in [9.17, 15) is 0 Å². The van der Waals surface area contributed by atoms with Crippen LogP contribution in [0.25, 0.3) is 0 Å². The SMILES string of the molecule is CN=C(NCc1nc(C(C)(C)C)cs1)NCC1COc2ccccc2O1. The molecule has 1 aliphatic rings. The van der Waals surface area contributed by atoms with Gasteiger partial charge in [0.1, 0.15) is 17.7 Å². The van der Waals surface area contributed by atoms with Gasteiger partial charge in [-0.15, -0.1) is 11.3 Å². The Labute approximate surface area is 158 Å². The zero-order chi connectivity index (χ0) is 18.6. The van der Waals surface area contributed by atoms with E-state index in [0.717, 1.165) is 28.2 Å². The molecule has 7 heteroatoms. The predicted octanol–water partition coefficient (Wildman–Crippen LogP) is 2.95. The van der Waals surface area contributed by atoms with E-state index >= 15 is 0 Å². The molecular formula is C19H26N4O2S. The van der Waals surface area contributed by atoms with Gasteiger partial charge in [-0.1, -0.05) is 32.9 Å². The highest BCUT2D eigenvalue weighted by molar-refractivity contribution is 7.09. The number of guanidine groups is 1. The number of nitrogens with zero attached hydrogens (tertiary/aromatic N) is 2. The number of thiazole rings is 1. The fourth-order valence-corrected chi connectivity index (χ4v) is 3.45. The van der Waals surface area contributed by atoms with Crippen LogP contribution in [-0.2, 0) is 12.0 Å². The van der Waals surface area contributed by atoms with Gasteiger partial charge >= 0.3 is 0 Å². The normalized spacial score (nSPS) is 17.1. The average Bonchev–Trinajstić information content (AvgIpc) is 3.11. The van der Waals surface area contributed by atoms with Crippen LogP contribution in [-0.4, -0.2) is 37.2 Å². The number of ether oxygens (including phenoxy) is 2. The average molecular weight is 375 g/mol. The Morgan fingerprint density at radius 3 is 2.73 bits per heavy atom. The molecule has 0 aliphatic carbocycles. The number of fused-ring (bicyclic) bond motifs is 1. The first-order chi connectivity index (χ1) is 12.5. The molecule has 0 bridgehead atoms. The van der Waals surface area contributed by atoms with Crippen molar-refractivity contribution in [3.05, 3.63) is 40.3 Å². The minimum absolute atomic E-state index is 0.0594. The molecule has 0 spiro atoms. The van der Waals surface area contributed by atoms with E-state index in [4.69, 9.17) is 14.5 Å². The van der Waals surface area contributed by atoms with E-state index in [-0.39, 0.29) is 11.5 Å². The van der Waals surface area contributed by atoms with Crippen molar-refractivity contribution in [1.82, 2.24) is 15.6 Å². The molecule has 0 saturated carbocycles. The first kappa shape index (κ1) is 18.5. The number of para-hydroxylation sites is 2. The highest BCUT2D eigenvalue weighted by Gasteiger charge is 2.21. The first-order valence-electron chi connectivity index (χ1n) is 8.73. The summed E-state index contributed by atoms with van der Waals surface area (Å²) in [5.41, 5.74) is 1.19. The van der Waals surface area contributed by atoms with Crippen molar-refractivity contribution in [2.75, 3.05) is 20.2 Å². The van der Waals surface area contributed by atoms with Crippen LogP contribution in [0.4, 0.5) is 0 Å². The maximum atomic E-state index is 5.95. The largest absolute Gasteiger partial charge is 0.486 e. The molecule has 2 aromatic rings. The molecule has 140 valence electrons. The maximum absolute atomic E-state index is 5.95. The molecule has 1 aliphatic heterocycles. The molecule has 3 rings (SSSR count). The lowest BCUT2D eigenvalue weighted by atomic mass is 9.93. The van der Waals surface area contributed by atoms with Crippen molar-refractivity contribution in [2.24, 2.45) is 4.99 Å². The van der Waals surface area contributed by atoms with Crippen LogP contribution in [0.5, 0.6) is 11.5 Å². The second-order valence-corrected chi connectivity index (χ2v) is 8.12. The Balaban J connectivity index is 1.48. The lowest BCUT2D eigenvalue weighted by molar-refractivity contribution is 0.0936. The molecule has 2 heterocycles. The number of hydrogen-bond acceptors (Lipinski definition) is 5. The van der Waals surface area contributed by atoms with Crippen molar-refractivity contribution < 1.29 is 9.47 Å². The lowest BCUT2D eigenvalue weighted by Crippen LogP contribution is -2.45. The van der Waals surface area contributed by atoms with Gasteiger partial charge in [-0.25, -0.2) is 4.98 Å². The Kier molecular flexibility index (Phi) is 5.66. The molecule has 1 aromatic heterocycles. The highest BCUT2D eigenvalue weighted by Crippen LogP contribution is 2.30. The summed E-state index contributed by atoms with van der Waals surface area (Å²) in [6, 6.07) is 7.72. The van der Waals surface area contributed by atoms with E-state index in [0.29, 0.717) is 19.7 Å².